The molecule has 4 N–H and O–H groups in total. The van der Waals surface area contributed by atoms with Crippen LogP contribution in [0, 0.1) is 0 Å². The zero-order chi connectivity index (χ0) is 29.9. The van der Waals surface area contributed by atoms with E-state index in [1.54, 1.807) is 32.0 Å². The third-order valence-corrected chi connectivity index (χ3v) is 7.47. The van der Waals surface area contributed by atoms with Gasteiger partial charge in [-0.1, -0.05) is 18.2 Å². The number of imidazole rings is 1. The maximum absolute atomic E-state index is 16.0. The van der Waals surface area contributed by atoms with Crippen molar-refractivity contribution >= 4 is 30.8 Å². The average Bonchev–Trinajstić information content (AvgIpc) is 3.43. The molecular formula is C24H32FN6O8P. The van der Waals surface area contributed by atoms with Crippen molar-refractivity contribution in [3.63, 3.8) is 0 Å². The molecule has 16 heteroatoms. The van der Waals surface area contributed by atoms with Gasteiger partial charge in [0.15, 0.2) is 23.1 Å². The van der Waals surface area contributed by atoms with Gasteiger partial charge in [0.2, 0.25) is 11.8 Å². The summed E-state index contributed by atoms with van der Waals surface area (Å²) in [5, 5.41) is 13.3. The topological polar surface area (TPSA) is 182 Å². The fraction of sp³-hybridized carbons (Fsp3) is 0.500. The Kier molecular flexibility index (Phi) is 8.19. The molecule has 218 valence electrons. The standard InChI is InChI=1S/C24H32FN6O8P/c1-13(2)37-21(33)14(3)30-40(34,39-15-9-7-6-8-10-15)36-11-16-18(32)24(4,25)22(38-16)31-12-27-17-19(31)28-23(26)29-20(17)35-5/h6-10,12-14,16,18,22,32H,11H2,1-5H3,(H,30,34)(H2,26,28,29)/t14?,16-,18-,22-,24-,40?/m1/s1/i3D. The minimum absolute atomic E-state index is 0.0651. The Bertz CT molecular complexity index is 1410. The highest BCUT2D eigenvalue weighted by molar-refractivity contribution is 7.52. The van der Waals surface area contributed by atoms with E-state index in [2.05, 4.69) is 20.0 Å². The van der Waals surface area contributed by atoms with Gasteiger partial charge in [-0.05, 0) is 39.8 Å². The van der Waals surface area contributed by atoms with Gasteiger partial charge >= 0.3 is 13.7 Å². The molecule has 1 aromatic carbocycles. The zero-order valence-corrected chi connectivity index (χ0v) is 23.2. The van der Waals surface area contributed by atoms with Gasteiger partial charge in [-0.15, -0.1) is 0 Å². The summed E-state index contributed by atoms with van der Waals surface area (Å²) in [5.74, 6) is -0.801. The minimum Gasteiger partial charge on any atom is -0.479 e. The van der Waals surface area contributed by atoms with Gasteiger partial charge in [0.05, 0.1) is 26.1 Å². The molecule has 4 rings (SSSR count). The van der Waals surface area contributed by atoms with Crippen molar-refractivity contribution in [1.29, 1.82) is 0 Å². The molecule has 1 saturated heterocycles. The van der Waals surface area contributed by atoms with Crippen molar-refractivity contribution in [3.8, 4) is 11.6 Å². The molecule has 0 spiro atoms. The van der Waals surface area contributed by atoms with Crippen LogP contribution in [-0.4, -0.2) is 74.3 Å². The number of carbonyl (C=O) groups is 1. The van der Waals surface area contributed by atoms with E-state index in [0.717, 1.165) is 6.92 Å². The number of esters is 1. The predicted molar refractivity (Wildman–Crippen MR) is 140 cm³/mol. The number of nitrogens with zero attached hydrogens (tertiary/aromatic N) is 4. The molecule has 0 aliphatic carbocycles. The third-order valence-electron chi connectivity index (χ3n) is 5.90. The van der Waals surface area contributed by atoms with Crippen LogP contribution in [0.5, 0.6) is 11.6 Å². The van der Waals surface area contributed by atoms with Crippen molar-refractivity contribution in [2.45, 2.75) is 63.9 Å². The summed E-state index contributed by atoms with van der Waals surface area (Å²) < 4.78 is 66.0. The molecule has 3 heterocycles. The summed E-state index contributed by atoms with van der Waals surface area (Å²) in [6, 6.07) is 6.58. The second kappa shape index (κ2) is 11.6. The Morgan fingerprint density at radius 2 is 2.10 bits per heavy atom. The van der Waals surface area contributed by atoms with Crippen molar-refractivity contribution < 1.29 is 43.5 Å². The number of halogens is 1. The lowest BCUT2D eigenvalue weighted by atomic mass is 9.98. The number of carbonyl (C=O) groups excluding carboxylic acids is 1. The molecule has 0 saturated carbocycles. The van der Waals surface area contributed by atoms with Crippen LogP contribution < -0.4 is 20.1 Å². The van der Waals surface area contributed by atoms with Crippen molar-refractivity contribution in [2.75, 3.05) is 19.5 Å². The van der Waals surface area contributed by atoms with Crippen LogP contribution in [0.1, 0.15) is 35.3 Å². The Hall–Kier alpha value is -3.36. The number of ether oxygens (including phenoxy) is 3. The SMILES string of the molecule is [2H]CC(NP(=O)(OC[C@H]1O[C@@H](n2cnc3c(OC)nc(N)nc32)[C@](C)(F)[C@@H]1O)Oc1ccccc1)C(=O)OC(C)C. The van der Waals surface area contributed by atoms with E-state index in [9.17, 15) is 14.5 Å². The van der Waals surface area contributed by atoms with E-state index >= 15 is 4.39 Å². The number of para-hydroxylation sites is 1. The smallest absolute Gasteiger partial charge is 0.459 e. The lowest BCUT2D eigenvalue weighted by molar-refractivity contribution is -0.149. The highest BCUT2D eigenvalue weighted by Gasteiger charge is 2.56. The predicted octanol–water partition coefficient (Wildman–Crippen LogP) is 2.54. The lowest BCUT2D eigenvalue weighted by Gasteiger charge is -2.25. The molecule has 1 aliphatic rings. The molecule has 6 atom stereocenters. The number of nitrogens with one attached hydrogen (secondary N) is 1. The van der Waals surface area contributed by atoms with E-state index in [-0.39, 0.29) is 28.7 Å². The summed E-state index contributed by atoms with van der Waals surface area (Å²) >= 11 is 0. The van der Waals surface area contributed by atoms with Crippen LogP contribution >= 0.6 is 7.75 Å². The number of anilines is 1. The number of methoxy groups -OCH3 is 1. The maximum Gasteiger partial charge on any atom is 0.459 e. The highest BCUT2D eigenvalue weighted by atomic mass is 31.2. The van der Waals surface area contributed by atoms with E-state index in [1.807, 2.05) is 0 Å². The van der Waals surface area contributed by atoms with Gasteiger partial charge < -0.3 is 29.6 Å². The number of hydrogen-bond donors (Lipinski definition) is 3. The summed E-state index contributed by atoms with van der Waals surface area (Å²) in [5.41, 5.74) is 3.64. The zero-order valence-electron chi connectivity index (χ0n) is 23.3. The van der Waals surface area contributed by atoms with Crippen LogP contribution in [0.4, 0.5) is 10.3 Å². The van der Waals surface area contributed by atoms with E-state index in [4.69, 9.17) is 30.4 Å². The third kappa shape index (κ3) is 6.18. The summed E-state index contributed by atoms with van der Waals surface area (Å²) in [6.45, 7) is 3.18. The first-order chi connectivity index (χ1) is 19.4. The van der Waals surface area contributed by atoms with Gasteiger partial charge in [-0.2, -0.15) is 15.1 Å². The largest absolute Gasteiger partial charge is 0.479 e. The first-order valence-corrected chi connectivity index (χ1v) is 13.8. The number of hydrogen-bond acceptors (Lipinski definition) is 12. The Morgan fingerprint density at radius 3 is 2.75 bits per heavy atom. The maximum atomic E-state index is 16.0. The fourth-order valence-corrected chi connectivity index (χ4v) is 5.42. The van der Waals surface area contributed by atoms with Gasteiger partial charge in [0, 0.05) is 1.37 Å². The van der Waals surface area contributed by atoms with E-state index < -0.39 is 63.5 Å². The first-order valence-electron chi connectivity index (χ1n) is 12.9. The molecule has 0 radical (unpaired) electrons. The second-order valence-corrected chi connectivity index (χ2v) is 11.1. The fourth-order valence-electron chi connectivity index (χ4n) is 4.01. The van der Waals surface area contributed by atoms with Crippen LogP contribution in [0.3, 0.4) is 0 Å². The number of rotatable bonds is 11. The molecule has 0 bridgehead atoms. The molecular weight excluding hydrogens is 550 g/mol. The van der Waals surface area contributed by atoms with Crippen LogP contribution in [0.2, 0.25) is 0 Å². The van der Waals surface area contributed by atoms with Gasteiger partial charge in [0.1, 0.15) is 24.0 Å². The van der Waals surface area contributed by atoms with Crippen LogP contribution in [-0.2, 0) is 23.4 Å². The van der Waals surface area contributed by atoms with Gasteiger partial charge in [-0.3, -0.25) is 13.9 Å². The number of aliphatic hydroxyl groups excluding tert-OH is 1. The number of fused-ring (bicyclic) bond motifs is 1. The molecule has 1 fully saturated rings. The molecule has 2 aromatic heterocycles. The summed E-state index contributed by atoms with van der Waals surface area (Å²) in [4.78, 5) is 24.7. The molecule has 2 unspecified atom stereocenters. The molecule has 14 nitrogen and oxygen atoms in total. The van der Waals surface area contributed by atoms with E-state index in [1.165, 1.54) is 30.1 Å². The summed E-state index contributed by atoms with van der Waals surface area (Å²) in [6.07, 6.45) is -3.84. The Labute approximate surface area is 230 Å². The number of aliphatic hydroxyl groups is 1. The second-order valence-electron chi connectivity index (χ2n) is 9.40. The normalized spacial score (nSPS) is 25.4. The Balaban J connectivity index is 1.58. The van der Waals surface area contributed by atoms with Crippen molar-refractivity contribution in [2.24, 2.45) is 0 Å². The van der Waals surface area contributed by atoms with Crippen LogP contribution in [0.25, 0.3) is 11.2 Å². The quantitative estimate of drug-likeness (QED) is 0.221. The lowest BCUT2D eigenvalue weighted by Crippen LogP contribution is -2.41. The van der Waals surface area contributed by atoms with Crippen molar-refractivity contribution in [1.82, 2.24) is 24.6 Å². The molecule has 40 heavy (non-hydrogen) atoms. The number of alkyl halides is 1. The van der Waals surface area contributed by atoms with Gasteiger partial charge in [-0.25, -0.2) is 13.9 Å². The average molecular weight is 584 g/mol. The van der Waals surface area contributed by atoms with Gasteiger partial charge in [0.25, 0.3) is 0 Å². The molecule has 1 aliphatic heterocycles. The number of nitrogens with two attached hydrogens (primary N) is 1. The number of benzene rings is 1. The highest BCUT2D eigenvalue weighted by Crippen LogP contribution is 2.48. The number of aromatic nitrogens is 4. The number of nitrogen functional groups attached to an aromatic ring is 1. The minimum atomic E-state index is -4.43. The summed E-state index contributed by atoms with van der Waals surface area (Å²) in [7, 11) is -3.06. The van der Waals surface area contributed by atoms with Crippen molar-refractivity contribution in [3.05, 3.63) is 36.7 Å². The monoisotopic (exact) mass is 583 g/mol. The van der Waals surface area contributed by atoms with E-state index in [0.29, 0.717) is 0 Å². The Morgan fingerprint density at radius 1 is 1.38 bits per heavy atom. The first kappa shape index (κ1) is 28.2. The van der Waals surface area contributed by atoms with Crippen LogP contribution in [0.15, 0.2) is 36.7 Å². The molecule has 0 amide bonds. The molecule has 3 aromatic rings.